The molecule has 168 valence electrons. The molecule has 4 aliphatic rings. The van der Waals surface area contributed by atoms with E-state index in [4.69, 9.17) is 18.6 Å². The predicted molar refractivity (Wildman–Crippen MR) is 117 cm³/mol. The fourth-order valence-electron chi connectivity index (χ4n) is 4.62. The average Bonchev–Trinajstić information content (AvgIpc) is 3.31. The summed E-state index contributed by atoms with van der Waals surface area (Å²) >= 11 is 0. The normalized spacial score (nSPS) is 30.2. The summed E-state index contributed by atoms with van der Waals surface area (Å²) < 4.78 is 24.1. The quantitative estimate of drug-likeness (QED) is 0.483. The van der Waals surface area contributed by atoms with Crippen molar-refractivity contribution in [1.29, 1.82) is 0 Å². The fraction of sp³-hybridized carbons (Fsp3) is 1.00. The second kappa shape index (κ2) is 9.16. The third kappa shape index (κ3) is 5.46. The van der Waals surface area contributed by atoms with Gasteiger partial charge in [-0.1, -0.05) is 51.4 Å². The first-order chi connectivity index (χ1) is 12.8. The Morgan fingerprint density at radius 1 is 0.483 bits per heavy atom. The summed E-state index contributed by atoms with van der Waals surface area (Å²) in [4.78, 5) is 0. The van der Waals surface area contributed by atoms with Crippen LogP contribution < -0.4 is 0 Å². The summed E-state index contributed by atoms with van der Waals surface area (Å²) in [6.07, 6.45) is 10.5. The smallest absolute Gasteiger partial charge is 0.403 e. The minimum atomic E-state index is -0.153. The van der Waals surface area contributed by atoms with Crippen LogP contribution in [0.1, 0.15) is 107 Å². The van der Waals surface area contributed by atoms with Crippen LogP contribution in [0, 0.1) is 0 Å². The predicted octanol–water partition coefficient (Wildman–Crippen LogP) is 6.04. The second-order valence-electron chi connectivity index (χ2n) is 11.3. The Labute approximate surface area is 190 Å². The zero-order valence-electron chi connectivity index (χ0n) is 20.0. The van der Waals surface area contributed by atoms with E-state index < -0.39 is 0 Å². The maximum Gasteiger partial charge on any atom is 0.461 e. The van der Waals surface area contributed by atoms with E-state index in [9.17, 15) is 0 Å². The van der Waals surface area contributed by atoms with Gasteiger partial charge in [-0.2, -0.15) is 0 Å². The molecule has 2 heterocycles. The van der Waals surface area contributed by atoms with Crippen molar-refractivity contribution in [3.63, 3.8) is 0 Å². The van der Waals surface area contributed by atoms with Crippen LogP contribution in [0.15, 0.2) is 0 Å². The molecule has 0 aromatic carbocycles. The zero-order chi connectivity index (χ0) is 20.8. The summed E-state index contributed by atoms with van der Waals surface area (Å²) in [6.45, 7) is 17.0. The van der Waals surface area contributed by atoms with Crippen molar-refractivity contribution in [2.24, 2.45) is 0 Å². The van der Waals surface area contributed by atoms with Gasteiger partial charge < -0.3 is 18.6 Å². The monoisotopic (exact) mass is 448 g/mol. The Balaban J connectivity index is 0.000000200. The Morgan fingerprint density at radius 3 is 0.897 bits per heavy atom. The van der Waals surface area contributed by atoms with E-state index >= 15 is 0 Å². The van der Waals surface area contributed by atoms with Crippen LogP contribution in [0.2, 0.25) is 11.6 Å². The first kappa shape index (κ1) is 25.7. The van der Waals surface area contributed by atoms with Gasteiger partial charge in [0, 0.05) is 17.1 Å². The van der Waals surface area contributed by atoms with Crippen molar-refractivity contribution in [2.75, 3.05) is 0 Å². The molecule has 0 spiro atoms. The molecular formula is C22H42B2FeO4. The number of hydrogen-bond donors (Lipinski definition) is 0. The average molecular weight is 448 g/mol. The summed E-state index contributed by atoms with van der Waals surface area (Å²) in [6, 6.07) is 0. The standard InChI is InChI=1S/2C11H21BO2.Fe/c2*1-10(2)11(3,4)14-12(13-10)9-7-5-6-8-9;/h2*9H,5-8H2,1-4H3;. The van der Waals surface area contributed by atoms with Gasteiger partial charge in [0.25, 0.3) is 0 Å². The Bertz CT molecular complexity index is 461. The molecule has 0 amide bonds. The Hall–Kier alpha value is 0.489. The van der Waals surface area contributed by atoms with E-state index in [1.165, 1.54) is 51.4 Å². The van der Waals surface area contributed by atoms with Crippen molar-refractivity contribution in [3.8, 4) is 0 Å². The maximum atomic E-state index is 6.03. The molecule has 2 saturated heterocycles. The molecule has 2 aliphatic carbocycles. The molecule has 0 radical (unpaired) electrons. The molecule has 0 unspecified atom stereocenters. The molecule has 4 fully saturated rings. The second-order valence-corrected chi connectivity index (χ2v) is 11.3. The molecule has 0 atom stereocenters. The molecule has 0 N–H and O–H groups in total. The van der Waals surface area contributed by atoms with Gasteiger partial charge >= 0.3 is 14.2 Å². The van der Waals surface area contributed by atoms with E-state index in [1.54, 1.807) is 0 Å². The molecule has 29 heavy (non-hydrogen) atoms. The molecule has 0 aromatic heterocycles. The van der Waals surface area contributed by atoms with Gasteiger partial charge in [0.15, 0.2) is 0 Å². The van der Waals surface area contributed by atoms with Gasteiger partial charge in [0.1, 0.15) is 0 Å². The molecule has 2 saturated carbocycles. The first-order valence-electron chi connectivity index (χ1n) is 11.6. The van der Waals surface area contributed by atoms with Crippen LogP contribution in [-0.2, 0) is 35.7 Å². The molecular weight excluding hydrogens is 406 g/mol. The summed E-state index contributed by atoms with van der Waals surface area (Å²) in [7, 11) is 0.0880. The summed E-state index contributed by atoms with van der Waals surface area (Å²) in [5, 5.41) is 0. The van der Waals surface area contributed by atoms with Crippen LogP contribution in [-0.4, -0.2) is 36.6 Å². The Morgan fingerprint density at radius 2 is 0.690 bits per heavy atom. The number of hydrogen-bond acceptors (Lipinski definition) is 4. The molecule has 2 aliphatic heterocycles. The van der Waals surface area contributed by atoms with Crippen LogP contribution >= 0.6 is 0 Å². The van der Waals surface area contributed by atoms with E-state index in [0.29, 0.717) is 11.6 Å². The van der Waals surface area contributed by atoms with Crippen molar-refractivity contribution < 1.29 is 35.7 Å². The van der Waals surface area contributed by atoms with E-state index in [0.717, 1.165) is 0 Å². The fourth-order valence-corrected chi connectivity index (χ4v) is 4.62. The zero-order valence-corrected chi connectivity index (χ0v) is 21.1. The molecule has 4 nitrogen and oxygen atoms in total. The molecule has 4 rings (SSSR count). The van der Waals surface area contributed by atoms with E-state index in [2.05, 4.69) is 55.4 Å². The van der Waals surface area contributed by atoms with Crippen LogP contribution in [0.25, 0.3) is 0 Å². The third-order valence-corrected chi connectivity index (χ3v) is 8.11. The topological polar surface area (TPSA) is 36.9 Å². The van der Waals surface area contributed by atoms with Crippen molar-refractivity contribution in [1.82, 2.24) is 0 Å². The van der Waals surface area contributed by atoms with Gasteiger partial charge in [0.2, 0.25) is 0 Å². The SMILES string of the molecule is CC1(C)OB(C2CCCC2)OC1(C)C.CC1(C)OB(C2CCCC2)OC1(C)C.[Fe]. The van der Waals surface area contributed by atoms with Gasteiger partial charge in [-0.15, -0.1) is 0 Å². The van der Waals surface area contributed by atoms with Gasteiger partial charge in [-0.05, 0) is 67.0 Å². The largest absolute Gasteiger partial charge is 0.461 e. The van der Waals surface area contributed by atoms with Crippen LogP contribution in [0.3, 0.4) is 0 Å². The molecule has 7 heteroatoms. The maximum absolute atomic E-state index is 6.03. The van der Waals surface area contributed by atoms with Crippen LogP contribution in [0.5, 0.6) is 0 Å². The Kier molecular flexibility index (Phi) is 8.13. The molecule has 0 bridgehead atoms. The number of rotatable bonds is 2. The van der Waals surface area contributed by atoms with E-state index in [1.807, 2.05) is 0 Å². The summed E-state index contributed by atoms with van der Waals surface area (Å²) in [5.74, 6) is 1.27. The minimum absolute atomic E-state index is 0. The van der Waals surface area contributed by atoms with Crippen molar-refractivity contribution in [3.05, 3.63) is 0 Å². The van der Waals surface area contributed by atoms with Gasteiger partial charge in [-0.25, -0.2) is 0 Å². The van der Waals surface area contributed by atoms with Crippen molar-refractivity contribution >= 4 is 14.2 Å². The third-order valence-electron chi connectivity index (χ3n) is 8.11. The van der Waals surface area contributed by atoms with Gasteiger partial charge in [-0.3, -0.25) is 0 Å². The molecule has 0 aromatic rings. The van der Waals surface area contributed by atoms with Crippen LogP contribution in [0.4, 0.5) is 0 Å². The first-order valence-corrected chi connectivity index (χ1v) is 11.6. The van der Waals surface area contributed by atoms with Gasteiger partial charge in [0.05, 0.1) is 22.4 Å². The van der Waals surface area contributed by atoms with E-state index in [-0.39, 0.29) is 53.7 Å². The summed E-state index contributed by atoms with van der Waals surface area (Å²) in [5.41, 5.74) is -0.610. The van der Waals surface area contributed by atoms with Crippen molar-refractivity contribution in [2.45, 2.75) is 141 Å². The minimum Gasteiger partial charge on any atom is -0.403 e.